The molecule has 3 heteroatoms. The van der Waals surface area contributed by atoms with Crippen molar-refractivity contribution in [3.63, 3.8) is 0 Å². The molecule has 0 saturated carbocycles. The van der Waals surface area contributed by atoms with E-state index in [1.807, 2.05) is 26.8 Å². The van der Waals surface area contributed by atoms with Gasteiger partial charge in [-0.25, -0.2) is 4.79 Å². The second-order valence-corrected chi connectivity index (χ2v) is 3.76. The van der Waals surface area contributed by atoms with Gasteiger partial charge in [0.05, 0.1) is 0 Å². The van der Waals surface area contributed by atoms with E-state index in [1.54, 1.807) is 6.08 Å². The standard InChI is InChI=1S/C11H17NO2/c1-5-6-7-8-9-12-10(13)14-11(2,3)4/h1,7-8H,6,9H2,2-4H3,(H,12,13). The van der Waals surface area contributed by atoms with E-state index in [2.05, 4.69) is 11.2 Å². The number of carbonyl (C=O) groups is 1. The van der Waals surface area contributed by atoms with Gasteiger partial charge in [0, 0.05) is 13.0 Å². The fourth-order valence-corrected chi connectivity index (χ4v) is 0.691. The van der Waals surface area contributed by atoms with Crippen LogP contribution in [0.15, 0.2) is 12.2 Å². The van der Waals surface area contributed by atoms with E-state index in [0.717, 1.165) is 0 Å². The summed E-state index contributed by atoms with van der Waals surface area (Å²) < 4.78 is 5.02. The van der Waals surface area contributed by atoms with Crippen molar-refractivity contribution >= 4 is 6.09 Å². The molecule has 0 aromatic rings. The maximum atomic E-state index is 11.1. The summed E-state index contributed by atoms with van der Waals surface area (Å²) in [5.41, 5.74) is -0.452. The Morgan fingerprint density at radius 2 is 2.14 bits per heavy atom. The fourth-order valence-electron chi connectivity index (χ4n) is 0.691. The number of nitrogens with one attached hydrogen (secondary N) is 1. The number of alkyl carbamates (subject to hydrolysis) is 1. The Labute approximate surface area is 85.5 Å². The topological polar surface area (TPSA) is 38.3 Å². The second-order valence-electron chi connectivity index (χ2n) is 3.76. The van der Waals surface area contributed by atoms with E-state index in [1.165, 1.54) is 0 Å². The fraction of sp³-hybridized carbons (Fsp3) is 0.545. The molecule has 1 amide bonds. The second kappa shape index (κ2) is 6.09. The Bertz CT molecular complexity index is 243. The van der Waals surface area contributed by atoms with Crippen LogP contribution in [0.1, 0.15) is 27.2 Å². The molecule has 0 spiro atoms. The first-order valence-corrected chi connectivity index (χ1v) is 4.51. The number of rotatable bonds is 3. The van der Waals surface area contributed by atoms with E-state index in [9.17, 15) is 4.79 Å². The van der Waals surface area contributed by atoms with Crippen molar-refractivity contribution in [3.05, 3.63) is 12.2 Å². The van der Waals surface area contributed by atoms with Crippen molar-refractivity contribution in [2.24, 2.45) is 0 Å². The SMILES string of the molecule is C#CCC=CCNC(=O)OC(C)(C)C. The maximum absolute atomic E-state index is 11.1. The van der Waals surface area contributed by atoms with Gasteiger partial charge in [-0.1, -0.05) is 12.2 Å². The lowest BCUT2D eigenvalue weighted by molar-refractivity contribution is 0.0534. The third-order valence-electron chi connectivity index (χ3n) is 1.17. The van der Waals surface area contributed by atoms with Gasteiger partial charge in [0.1, 0.15) is 5.60 Å². The van der Waals surface area contributed by atoms with Crippen LogP contribution in [0, 0.1) is 12.3 Å². The van der Waals surface area contributed by atoms with Gasteiger partial charge >= 0.3 is 6.09 Å². The van der Waals surface area contributed by atoms with Gasteiger partial charge in [-0.05, 0) is 20.8 Å². The Morgan fingerprint density at radius 3 is 2.64 bits per heavy atom. The summed E-state index contributed by atoms with van der Waals surface area (Å²) in [5.74, 6) is 2.46. The molecule has 14 heavy (non-hydrogen) atoms. The first kappa shape index (κ1) is 12.6. The largest absolute Gasteiger partial charge is 0.444 e. The van der Waals surface area contributed by atoms with E-state index in [4.69, 9.17) is 11.2 Å². The molecule has 0 fully saturated rings. The highest BCUT2D eigenvalue weighted by Gasteiger charge is 2.14. The van der Waals surface area contributed by atoms with Crippen LogP contribution in [0.5, 0.6) is 0 Å². The number of terminal acetylenes is 1. The highest BCUT2D eigenvalue weighted by atomic mass is 16.6. The Balaban J connectivity index is 3.61. The van der Waals surface area contributed by atoms with Crippen molar-refractivity contribution in [3.8, 4) is 12.3 Å². The molecule has 0 saturated heterocycles. The van der Waals surface area contributed by atoms with Crippen molar-refractivity contribution in [2.45, 2.75) is 32.8 Å². The Morgan fingerprint density at radius 1 is 1.50 bits per heavy atom. The number of carbonyl (C=O) groups excluding carboxylic acids is 1. The van der Waals surface area contributed by atoms with Gasteiger partial charge in [-0.15, -0.1) is 12.3 Å². The molecule has 3 nitrogen and oxygen atoms in total. The summed E-state index contributed by atoms with van der Waals surface area (Å²) in [6.07, 6.45) is 8.82. The van der Waals surface area contributed by atoms with Crippen LogP contribution >= 0.6 is 0 Å². The predicted molar refractivity (Wildman–Crippen MR) is 56.8 cm³/mol. The van der Waals surface area contributed by atoms with Crippen molar-refractivity contribution < 1.29 is 9.53 Å². The van der Waals surface area contributed by atoms with Gasteiger partial charge in [0.15, 0.2) is 0 Å². The molecule has 78 valence electrons. The first-order chi connectivity index (χ1) is 6.45. The number of hydrogen-bond donors (Lipinski definition) is 1. The predicted octanol–water partition coefficient (Wildman–Crippen LogP) is 2.09. The summed E-state index contributed by atoms with van der Waals surface area (Å²) in [5, 5.41) is 2.58. The maximum Gasteiger partial charge on any atom is 0.407 e. The van der Waals surface area contributed by atoms with Crippen molar-refractivity contribution in [1.29, 1.82) is 0 Å². The highest BCUT2D eigenvalue weighted by molar-refractivity contribution is 5.67. The van der Waals surface area contributed by atoms with E-state index in [0.29, 0.717) is 13.0 Å². The van der Waals surface area contributed by atoms with Crippen molar-refractivity contribution in [2.75, 3.05) is 6.54 Å². The molecule has 0 rings (SSSR count). The van der Waals surface area contributed by atoms with Gasteiger partial charge in [-0.2, -0.15) is 0 Å². The van der Waals surface area contributed by atoms with E-state index < -0.39 is 11.7 Å². The number of hydrogen-bond acceptors (Lipinski definition) is 2. The van der Waals surface area contributed by atoms with Gasteiger partial charge in [0.25, 0.3) is 0 Å². The van der Waals surface area contributed by atoms with Crippen LogP contribution in [-0.4, -0.2) is 18.2 Å². The quantitative estimate of drug-likeness (QED) is 0.553. The molecule has 0 aromatic carbocycles. The Hall–Kier alpha value is -1.43. The average molecular weight is 195 g/mol. The minimum absolute atomic E-state index is 0.414. The molecular weight excluding hydrogens is 178 g/mol. The van der Waals surface area contributed by atoms with Crippen molar-refractivity contribution in [1.82, 2.24) is 5.32 Å². The minimum atomic E-state index is -0.452. The molecule has 0 aromatic heterocycles. The zero-order valence-electron chi connectivity index (χ0n) is 8.96. The third kappa shape index (κ3) is 8.66. The molecule has 0 heterocycles. The summed E-state index contributed by atoms with van der Waals surface area (Å²) in [7, 11) is 0. The summed E-state index contributed by atoms with van der Waals surface area (Å²) in [6, 6.07) is 0. The molecule has 0 aliphatic rings. The van der Waals surface area contributed by atoms with Crippen LogP contribution in [0.2, 0.25) is 0 Å². The zero-order valence-corrected chi connectivity index (χ0v) is 8.96. The van der Waals surface area contributed by atoms with Crippen LogP contribution in [0.4, 0.5) is 4.79 Å². The third-order valence-corrected chi connectivity index (χ3v) is 1.17. The number of amides is 1. The van der Waals surface area contributed by atoms with Gasteiger partial charge in [0.2, 0.25) is 0 Å². The molecule has 0 atom stereocenters. The van der Waals surface area contributed by atoms with Crippen LogP contribution in [0.3, 0.4) is 0 Å². The first-order valence-electron chi connectivity index (χ1n) is 4.51. The lowest BCUT2D eigenvalue weighted by Crippen LogP contribution is -2.32. The lowest BCUT2D eigenvalue weighted by atomic mass is 10.2. The minimum Gasteiger partial charge on any atom is -0.444 e. The van der Waals surface area contributed by atoms with E-state index >= 15 is 0 Å². The summed E-state index contributed by atoms with van der Waals surface area (Å²) >= 11 is 0. The van der Waals surface area contributed by atoms with Crippen LogP contribution in [0.25, 0.3) is 0 Å². The molecule has 0 unspecified atom stereocenters. The van der Waals surface area contributed by atoms with Crippen LogP contribution in [-0.2, 0) is 4.74 Å². The molecular formula is C11H17NO2. The zero-order chi connectivity index (χ0) is 11.0. The van der Waals surface area contributed by atoms with Gasteiger partial charge < -0.3 is 10.1 Å². The molecule has 0 bridgehead atoms. The summed E-state index contributed by atoms with van der Waals surface area (Å²) in [6.45, 7) is 5.90. The van der Waals surface area contributed by atoms with E-state index in [-0.39, 0.29) is 0 Å². The monoisotopic (exact) mass is 195 g/mol. The normalized spacial score (nSPS) is 11.0. The van der Waals surface area contributed by atoms with Gasteiger partial charge in [-0.3, -0.25) is 0 Å². The molecule has 1 N–H and O–H groups in total. The molecule has 0 aliphatic heterocycles. The van der Waals surface area contributed by atoms with Crippen LogP contribution < -0.4 is 5.32 Å². The summed E-state index contributed by atoms with van der Waals surface area (Å²) in [4.78, 5) is 11.1. The smallest absolute Gasteiger partial charge is 0.407 e. The highest BCUT2D eigenvalue weighted by Crippen LogP contribution is 2.05. The molecule has 0 aliphatic carbocycles. The molecule has 0 radical (unpaired) electrons. The average Bonchev–Trinajstić information content (AvgIpc) is 2.00. The number of ether oxygens (including phenoxy) is 1. The number of allylic oxidation sites excluding steroid dienone is 1. The Kier molecular flexibility index (Phi) is 5.47. The lowest BCUT2D eigenvalue weighted by Gasteiger charge is -2.19.